The van der Waals surface area contributed by atoms with E-state index in [0.717, 1.165) is 0 Å². The Kier molecular flexibility index (Phi) is 7.97. The number of nitrogens with zero attached hydrogens (tertiary/aromatic N) is 6. The first kappa shape index (κ1) is 26.0. The molecule has 0 unspecified atom stereocenters. The first-order valence-electron chi connectivity index (χ1n) is 10.6. The van der Waals surface area contributed by atoms with Crippen molar-refractivity contribution in [2.45, 2.75) is 26.0 Å². The van der Waals surface area contributed by atoms with Crippen molar-refractivity contribution in [2.75, 3.05) is 18.1 Å². The number of rotatable bonds is 7. The number of ether oxygens (including phenoxy) is 2. The van der Waals surface area contributed by atoms with Crippen LogP contribution in [-0.2, 0) is 21.3 Å². The standard InChI is InChI=1S/C22H24FN7O4.ClH/c1-12(2)19(24)21(31)33-11-15-10-30(22(32)34-15)14-5-6-16(17(23)8-14)13-4-7-18(25-9-13)20-26-27-28-29(20)3;/h4-9,12,15,19H,10-11,24H2,1-3H3;1H/t15-,19+;/m1./s1. The van der Waals surface area contributed by atoms with Gasteiger partial charge < -0.3 is 15.2 Å². The summed E-state index contributed by atoms with van der Waals surface area (Å²) in [7, 11) is 1.70. The number of pyridine rings is 1. The molecule has 0 radical (unpaired) electrons. The predicted octanol–water partition coefficient (Wildman–Crippen LogP) is 2.35. The lowest BCUT2D eigenvalue weighted by atomic mass is 10.1. The third-order valence-electron chi connectivity index (χ3n) is 5.46. The number of aromatic nitrogens is 5. The van der Waals surface area contributed by atoms with Gasteiger partial charge in [-0.2, -0.15) is 0 Å². The van der Waals surface area contributed by atoms with Gasteiger partial charge in [0.1, 0.15) is 24.2 Å². The molecule has 1 aliphatic heterocycles. The molecule has 0 saturated carbocycles. The first-order chi connectivity index (χ1) is 16.2. The number of cyclic esters (lactones) is 1. The summed E-state index contributed by atoms with van der Waals surface area (Å²) in [6.07, 6.45) is 0.202. The van der Waals surface area contributed by atoms with E-state index in [4.69, 9.17) is 15.2 Å². The second-order valence-electron chi connectivity index (χ2n) is 8.24. The van der Waals surface area contributed by atoms with E-state index in [1.165, 1.54) is 21.8 Å². The minimum Gasteiger partial charge on any atom is -0.460 e. The molecule has 2 aromatic heterocycles. The summed E-state index contributed by atoms with van der Waals surface area (Å²) in [6, 6.07) is 7.08. The first-order valence-corrected chi connectivity index (χ1v) is 10.6. The van der Waals surface area contributed by atoms with E-state index in [1.54, 1.807) is 45.2 Å². The van der Waals surface area contributed by atoms with Crippen LogP contribution in [0.3, 0.4) is 0 Å². The maximum Gasteiger partial charge on any atom is 0.414 e. The Morgan fingerprint density at radius 1 is 1.31 bits per heavy atom. The van der Waals surface area contributed by atoms with Gasteiger partial charge in [0, 0.05) is 24.4 Å². The number of halogens is 2. The van der Waals surface area contributed by atoms with Crippen LogP contribution in [0.15, 0.2) is 36.5 Å². The summed E-state index contributed by atoms with van der Waals surface area (Å²) in [5.41, 5.74) is 7.51. The summed E-state index contributed by atoms with van der Waals surface area (Å²) in [5.74, 6) is -0.680. The molecule has 2 atom stereocenters. The molecular formula is C22H25ClFN7O4. The molecule has 0 bridgehead atoms. The quantitative estimate of drug-likeness (QED) is 0.479. The van der Waals surface area contributed by atoms with Crippen LogP contribution in [0.25, 0.3) is 22.6 Å². The number of hydrogen-bond donors (Lipinski definition) is 1. The van der Waals surface area contributed by atoms with Gasteiger partial charge in [0.05, 0.1) is 12.2 Å². The maximum atomic E-state index is 14.9. The lowest BCUT2D eigenvalue weighted by Crippen LogP contribution is -2.38. The molecule has 1 amide bonds. The number of amides is 1. The van der Waals surface area contributed by atoms with Crippen molar-refractivity contribution in [3.8, 4) is 22.6 Å². The number of aryl methyl sites for hydroxylation is 1. The smallest absolute Gasteiger partial charge is 0.414 e. The highest BCUT2D eigenvalue weighted by Gasteiger charge is 2.34. The average Bonchev–Trinajstić information content (AvgIpc) is 3.42. The molecule has 3 heterocycles. The van der Waals surface area contributed by atoms with Crippen LogP contribution in [0.5, 0.6) is 0 Å². The van der Waals surface area contributed by atoms with Crippen LogP contribution in [0, 0.1) is 11.7 Å². The van der Waals surface area contributed by atoms with Gasteiger partial charge in [-0.15, -0.1) is 17.5 Å². The Bertz CT molecular complexity index is 1200. The second-order valence-corrected chi connectivity index (χ2v) is 8.24. The minimum absolute atomic E-state index is 0. The van der Waals surface area contributed by atoms with Crippen molar-refractivity contribution >= 4 is 30.2 Å². The number of anilines is 1. The fourth-order valence-electron chi connectivity index (χ4n) is 3.40. The van der Waals surface area contributed by atoms with E-state index < -0.39 is 30.0 Å². The molecule has 1 saturated heterocycles. The average molecular weight is 506 g/mol. The summed E-state index contributed by atoms with van der Waals surface area (Å²) in [6.45, 7) is 3.60. The zero-order valence-electron chi connectivity index (χ0n) is 19.3. The zero-order chi connectivity index (χ0) is 24.4. The normalized spacial score (nSPS) is 16.1. The highest BCUT2D eigenvalue weighted by molar-refractivity contribution is 5.90. The summed E-state index contributed by atoms with van der Waals surface area (Å²) in [4.78, 5) is 29.8. The molecule has 11 nitrogen and oxygen atoms in total. The van der Waals surface area contributed by atoms with Crippen LogP contribution in [-0.4, -0.2) is 62.6 Å². The Morgan fingerprint density at radius 2 is 2.09 bits per heavy atom. The molecule has 1 fully saturated rings. The van der Waals surface area contributed by atoms with Gasteiger partial charge in [-0.25, -0.2) is 13.9 Å². The van der Waals surface area contributed by atoms with E-state index >= 15 is 0 Å². The van der Waals surface area contributed by atoms with Crippen LogP contribution < -0.4 is 10.6 Å². The van der Waals surface area contributed by atoms with Crippen LogP contribution in [0.2, 0.25) is 0 Å². The monoisotopic (exact) mass is 505 g/mol. The van der Waals surface area contributed by atoms with Gasteiger partial charge >= 0.3 is 12.1 Å². The summed E-state index contributed by atoms with van der Waals surface area (Å²) < 4.78 is 26.8. The van der Waals surface area contributed by atoms with Crippen molar-refractivity contribution < 1.29 is 23.5 Å². The van der Waals surface area contributed by atoms with Crippen molar-refractivity contribution in [2.24, 2.45) is 18.7 Å². The van der Waals surface area contributed by atoms with Crippen molar-refractivity contribution in [1.29, 1.82) is 0 Å². The Hall–Kier alpha value is -3.64. The third-order valence-corrected chi connectivity index (χ3v) is 5.46. The molecule has 186 valence electrons. The van der Waals surface area contributed by atoms with Crippen molar-refractivity contribution in [3.05, 3.63) is 42.3 Å². The third kappa shape index (κ3) is 5.54. The Balaban J connectivity index is 0.00000342. The Morgan fingerprint density at radius 3 is 2.69 bits per heavy atom. The van der Waals surface area contributed by atoms with E-state index in [9.17, 15) is 14.0 Å². The molecule has 4 rings (SSSR count). The number of tetrazole rings is 1. The van der Waals surface area contributed by atoms with Crippen LogP contribution in [0.1, 0.15) is 13.8 Å². The number of esters is 1. The molecule has 35 heavy (non-hydrogen) atoms. The number of hydrogen-bond acceptors (Lipinski definition) is 9. The lowest BCUT2D eigenvalue weighted by Gasteiger charge is -2.16. The van der Waals surface area contributed by atoms with Crippen LogP contribution in [0.4, 0.5) is 14.9 Å². The van der Waals surface area contributed by atoms with Crippen LogP contribution >= 0.6 is 12.4 Å². The van der Waals surface area contributed by atoms with Crippen molar-refractivity contribution in [3.63, 3.8) is 0 Å². The molecule has 0 aliphatic carbocycles. The largest absolute Gasteiger partial charge is 0.460 e. The molecule has 13 heteroatoms. The highest BCUT2D eigenvalue weighted by atomic mass is 35.5. The van der Waals surface area contributed by atoms with Crippen molar-refractivity contribution in [1.82, 2.24) is 25.2 Å². The van der Waals surface area contributed by atoms with E-state index in [-0.39, 0.29) is 31.5 Å². The number of carbonyl (C=O) groups is 2. The molecule has 3 aromatic rings. The fourth-order valence-corrected chi connectivity index (χ4v) is 3.40. The predicted molar refractivity (Wildman–Crippen MR) is 126 cm³/mol. The van der Waals surface area contributed by atoms with E-state index in [2.05, 4.69) is 20.5 Å². The SMILES string of the molecule is CC(C)[C@H](N)C(=O)OC[C@H]1CN(c2ccc(-c3ccc(-c4nnnn4C)nc3)c(F)c2)C(=O)O1.Cl. The summed E-state index contributed by atoms with van der Waals surface area (Å²) >= 11 is 0. The fraction of sp³-hybridized carbons (Fsp3) is 0.364. The van der Waals surface area contributed by atoms with E-state index in [1.807, 2.05) is 0 Å². The van der Waals surface area contributed by atoms with Gasteiger partial charge in [-0.3, -0.25) is 14.7 Å². The van der Waals surface area contributed by atoms with E-state index in [0.29, 0.717) is 28.3 Å². The number of nitrogens with two attached hydrogens (primary N) is 1. The molecule has 1 aromatic carbocycles. The zero-order valence-corrected chi connectivity index (χ0v) is 20.1. The molecule has 1 aliphatic rings. The van der Waals surface area contributed by atoms with Gasteiger partial charge in [-0.1, -0.05) is 19.9 Å². The van der Waals surface area contributed by atoms with Gasteiger partial charge in [0.15, 0.2) is 11.9 Å². The number of benzene rings is 1. The maximum absolute atomic E-state index is 14.9. The van der Waals surface area contributed by atoms with Gasteiger partial charge in [0.25, 0.3) is 0 Å². The lowest BCUT2D eigenvalue weighted by molar-refractivity contribution is -0.148. The topological polar surface area (TPSA) is 138 Å². The minimum atomic E-state index is -0.754. The molecule has 0 spiro atoms. The highest BCUT2D eigenvalue weighted by Crippen LogP contribution is 2.29. The molecular weight excluding hydrogens is 481 g/mol. The Labute approximate surface area is 206 Å². The molecule has 2 N–H and O–H groups in total. The number of carbonyl (C=O) groups excluding carboxylic acids is 2. The van der Waals surface area contributed by atoms with Gasteiger partial charge in [0.2, 0.25) is 0 Å². The van der Waals surface area contributed by atoms with Gasteiger partial charge in [-0.05, 0) is 40.6 Å². The second kappa shape index (κ2) is 10.7. The summed E-state index contributed by atoms with van der Waals surface area (Å²) in [5, 5.41) is 11.2.